The zero-order valence-corrected chi connectivity index (χ0v) is 15.8. The van der Waals surface area contributed by atoms with Crippen molar-refractivity contribution in [2.24, 2.45) is 10.8 Å². The summed E-state index contributed by atoms with van der Waals surface area (Å²) in [5, 5.41) is 0. The fourth-order valence-corrected chi connectivity index (χ4v) is 4.83. The molecule has 0 aliphatic heterocycles. The van der Waals surface area contributed by atoms with Crippen molar-refractivity contribution >= 4 is 10.2 Å². The quantitative estimate of drug-likeness (QED) is 0.683. The Bertz CT molecular complexity index is 204. The molecule has 0 bridgehead atoms. The van der Waals surface area contributed by atoms with Crippen molar-refractivity contribution < 1.29 is 0 Å². The zero-order chi connectivity index (χ0) is 13.9. The predicted octanol–water partition coefficient (Wildman–Crippen LogP) is 3.33. The highest BCUT2D eigenvalue weighted by Crippen LogP contribution is 2.50. The molecule has 0 saturated carbocycles. The molecule has 0 N–H and O–H groups in total. The van der Waals surface area contributed by atoms with Gasteiger partial charge in [0.1, 0.15) is 0 Å². The van der Waals surface area contributed by atoms with E-state index >= 15 is 0 Å². The van der Waals surface area contributed by atoms with Crippen LogP contribution < -0.4 is 0 Å². The van der Waals surface area contributed by atoms with Crippen LogP contribution in [0.1, 0.15) is 61.8 Å². The maximum Gasteiger partial charge on any atom is 0.0302 e. The molecule has 0 aromatic rings. The zero-order valence-electron chi connectivity index (χ0n) is 13.8. The van der Waals surface area contributed by atoms with Crippen molar-refractivity contribution in [1.82, 2.24) is 4.90 Å². The summed E-state index contributed by atoms with van der Waals surface area (Å²) in [6, 6.07) is 1.39. The summed E-state index contributed by atoms with van der Waals surface area (Å²) in [5.74, 6) is 0. The lowest BCUT2D eigenvalue weighted by molar-refractivity contribution is -0.0865. The average molecular weight is 258 g/mol. The first-order chi connectivity index (χ1) is 7.58. The molecule has 1 nitrogen and oxygen atoms in total. The van der Waals surface area contributed by atoms with Crippen LogP contribution in [0.5, 0.6) is 0 Å². The third-order valence-corrected chi connectivity index (χ3v) is 4.90. The van der Waals surface area contributed by atoms with Gasteiger partial charge in [0.05, 0.1) is 0 Å². The van der Waals surface area contributed by atoms with Gasteiger partial charge in [-0.1, -0.05) is 61.4 Å². The van der Waals surface area contributed by atoms with E-state index < -0.39 is 0 Å². The molecule has 0 spiro atoms. The van der Waals surface area contributed by atoms with Crippen molar-refractivity contribution in [2.45, 2.75) is 73.4 Å². The van der Waals surface area contributed by atoms with Gasteiger partial charge < -0.3 is 0 Å². The minimum absolute atomic E-state index is 0.311. The van der Waals surface area contributed by atoms with E-state index in [-0.39, 0.29) is 0 Å². The Morgan fingerprint density at radius 1 is 0.824 bits per heavy atom. The summed E-state index contributed by atoms with van der Waals surface area (Å²) >= 11 is 0. The van der Waals surface area contributed by atoms with Gasteiger partial charge in [-0.25, -0.2) is 0 Å². The lowest BCUT2D eigenvalue weighted by atomic mass is 9.57. The lowest BCUT2D eigenvalue weighted by Gasteiger charge is -2.60. The maximum absolute atomic E-state index is 2.71. The largest absolute Gasteiger partial charge is 0.297 e. The first kappa shape index (κ1) is 17.2. The van der Waals surface area contributed by atoms with Gasteiger partial charge in [-0.3, -0.25) is 4.90 Å². The van der Waals surface area contributed by atoms with Gasteiger partial charge in [0.25, 0.3) is 0 Å². The molecule has 0 rings (SSSR count). The highest BCUT2D eigenvalue weighted by atomic mass is 28.1. The second kappa shape index (κ2) is 5.88. The van der Waals surface area contributed by atoms with E-state index in [0.29, 0.717) is 16.4 Å². The smallest absolute Gasteiger partial charge is 0.0302 e. The van der Waals surface area contributed by atoms with E-state index in [0.717, 1.165) is 13.1 Å². The molecule has 0 saturated heterocycles. The molecule has 104 valence electrons. The second-order valence-electron chi connectivity index (χ2n) is 7.28. The number of rotatable bonds is 5. The molecule has 0 amide bonds. The van der Waals surface area contributed by atoms with Crippen LogP contribution in [-0.2, 0) is 0 Å². The first-order valence-corrected chi connectivity index (χ1v) is 8.75. The first-order valence-electron chi connectivity index (χ1n) is 7.33. The Labute approximate surface area is 113 Å². The Morgan fingerprint density at radius 3 is 1.35 bits per heavy atom. The minimum atomic E-state index is 0.311. The Kier molecular flexibility index (Phi) is 5.94. The van der Waals surface area contributed by atoms with Crippen LogP contribution >= 0.6 is 0 Å². The van der Waals surface area contributed by atoms with Gasteiger partial charge >= 0.3 is 0 Å². The van der Waals surface area contributed by atoms with Crippen LogP contribution in [0.4, 0.5) is 0 Å². The molecule has 0 radical (unpaired) electrons. The highest BCUT2D eigenvalue weighted by Gasteiger charge is 2.52. The Hall–Kier alpha value is 0.177. The predicted molar refractivity (Wildman–Crippen MR) is 83.9 cm³/mol. The van der Waals surface area contributed by atoms with Gasteiger partial charge in [-0.15, -0.1) is 0 Å². The fraction of sp³-hybridized carbons (Fsp3) is 1.00. The summed E-state index contributed by atoms with van der Waals surface area (Å²) in [6.07, 6.45) is 1.34. The molecule has 2 heteroatoms. The van der Waals surface area contributed by atoms with Crippen molar-refractivity contribution in [3.8, 4) is 0 Å². The van der Waals surface area contributed by atoms with Gasteiger partial charge in [-0.05, 0) is 30.3 Å². The van der Waals surface area contributed by atoms with Gasteiger partial charge in [0.15, 0.2) is 0 Å². The van der Waals surface area contributed by atoms with Crippen LogP contribution in [0.25, 0.3) is 0 Å². The van der Waals surface area contributed by atoms with E-state index in [2.05, 4.69) is 60.3 Å². The summed E-state index contributed by atoms with van der Waals surface area (Å²) in [6.45, 7) is 21.5. The maximum atomic E-state index is 2.71. The molecule has 0 aliphatic carbocycles. The number of hydrogen-bond acceptors (Lipinski definition) is 1. The second-order valence-corrected chi connectivity index (χ2v) is 8.28. The summed E-state index contributed by atoms with van der Waals surface area (Å²) in [5.41, 5.74) is 0.953. The molecule has 0 fully saturated rings. The topological polar surface area (TPSA) is 3.24 Å². The minimum Gasteiger partial charge on any atom is -0.297 e. The van der Waals surface area contributed by atoms with Crippen LogP contribution in [0.2, 0.25) is 6.04 Å². The monoisotopic (exact) mass is 257 g/mol. The lowest BCUT2D eigenvalue weighted by Crippen LogP contribution is -2.64. The molecule has 17 heavy (non-hydrogen) atoms. The van der Waals surface area contributed by atoms with Crippen molar-refractivity contribution in [3.05, 3.63) is 0 Å². The fourth-order valence-electron chi connectivity index (χ4n) is 4.11. The normalized spacial score (nSPS) is 14.6. The average Bonchev–Trinajstić information content (AvgIpc) is 2.14. The van der Waals surface area contributed by atoms with Gasteiger partial charge in [0.2, 0.25) is 0 Å². The van der Waals surface area contributed by atoms with Crippen LogP contribution in [0.3, 0.4) is 0 Å². The molecule has 0 atom stereocenters. The third kappa shape index (κ3) is 3.14. The molecule has 0 aliphatic rings. The van der Waals surface area contributed by atoms with Crippen molar-refractivity contribution in [3.63, 3.8) is 0 Å². The van der Waals surface area contributed by atoms with Crippen LogP contribution in [-0.4, -0.2) is 33.8 Å². The van der Waals surface area contributed by atoms with Gasteiger partial charge in [0, 0.05) is 15.8 Å². The van der Waals surface area contributed by atoms with Crippen molar-refractivity contribution in [2.75, 3.05) is 13.1 Å². The van der Waals surface area contributed by atoms with E-state index in [1.807, 2.05) is 0 Å². The summed E-state index contributed by atoms with van der Waals surface area (Å²) < 4.78 is 0. The highest BCUT2D eigenvalue weighted by molar-refractivity contribution is 6.08. The summed E-state index contributed by atoms with van der Waals surface area (Å²) in [7, 11) is 1.31. The molecular formula is C15H35NSi. The third-order valence-electron chi connectivity index (χ3n) is 4.40. The molecule has 0 unspecified atom stereocenters. The number of nitrogens with zero attached hydrogens (tertiary/aromatic N) is 1. The Morgan fingerprint density at radius 2 is 1.18 bits per heavy atom. The van der Waals surface area contributed by atoms with Crippen LogP contribution in [0.15, 0.2) is 0 Å². The number of hydrogen-bond donors (Lipinski definition) is 0. The van der Waals surface area contributed by atoms with E-state index in [9.17, 15) is 0 Å². The van der Waals surface area contributed by atoms with Gasteiger partial charge in [-0.2, -0.15) is 0 Å². The molecule has 0 aromatic heterocycles. The SMILES string of the molecule is CCN(CC)C(CC[SiH3])(C(C)(C)C)C(C)(C)C. The van der Waals surface area contributed by atoms with Crippen molar-refractivity contribution in [1.29, 1.82) is 0 Å². The van der Waals surface area contributed by atoms with E-state index in [4.69, 9.17) is 0 Å². The van der Waals surface area contributed by atoms with E-state index in [1.54, 1.807) is 0 Å². The Balaban J connectivity index is 5.73. The van der Waals surface area contributed by atoms with Crippen LogP contribution in [0, 0.1) is 10.8 Å². The summed E-state index contributed by atoms with van der Waals surface area (Å²) in [4.78, 5) is 2.71. The standard InChI is InChI=1S/C15H35NSi/c1-9-16(10-2)15(11-12-17,13(3,4)5)14(6,7)8/h9-12H2,1-8,17H3. The molecule has 0 aromatic carbocycles. The molecule has 0 heterocycles. The molecular weight excluding hydrogens is 222 g/mol. The van der Waals surface area contributed by atoms with E-state index in [1.165, 1.54) is 22.7 Å².